The molecule has 2 saturated carbocycles. The van der Waals surface area contributed by atoms with Crippen LogP contribution in [0.3, 0.4) is 0 Å². The predicted molar refractivity (Wildman–Crippen MR) is 119 cm³/mol. The number of Topliss-reactive ketones (excluding diaryl/α,β-unsaturated/α-hetero) is 2. The maximum absolute atomic E-state index is 13.9. The first-order valence-corrected chi connectivity index (χ1v) is 12.6. The molecule has 6 rings (SSSR count). The van der Waals surface area contributed by atoms with E-state index in [0.29, 0.717) is 30.5 Å². The zero-order valence-electron chi connectivity index (χ0n) is 19.7. The summed E-state index contributed by atoms with van der Waals surface area (Å²) in [5.74, 6) is 1.00. The molecular formula is C27H36O5. The molecule has 2 saturated heterocycles. The van der Waals surface area contributed by atoms with Crippen LogP contribution in [0.2, 0.25) is 0 Å². The second-order valence-electron chi connectivity index (χ2n) is 12.1. The van der Waals surface area contributed by atoms with Gasteiger partial charge in [-0.3, -0.25) is 9.59 Å². The average Bonchev–Trinajstić information content (AvgIpc) is 3.19. The molecule has 0 aromatic heterocycles. The van der Waals surface area contributed by atoms with Crippen molar-refractivity contribution in [1.82, 2.24) is 0 Å². The van der Waals surface area contributed by atoms with E-state index in [0.717, 1.165) is 32.3 Å². The van der Waals surface area contributed by atoms with E-state index in [9.17, 15) is 14.7 Å². The van der Waals surface area contributed by atoms with Crippen LogP contribution in [0.25, 0.3) is 0 Å². The van der Waals surface area contributed by atoms with E-state index >= 15 is 0 Å². The minimum absolute atomic E-state index is 0.0662. The molecule has 1 N–H and O–H groups in total. The number of ketones is 2. The van der Waals surface area contributed by atoms with Crippen LogP contribution in [0, 0.1) is 46.3 Å². The van der Waals surface area contributed by atoms with Crippen molar-refractivity contribution in [2.75, 3.05) is 6.61 Å². The number of rotatable bonds is 0. The van der Waals surface area contributed by atoms with Crippen molar-refractivity contribution < 1.29 is 24.2 Å². The molecule has 6 aliphatic rings. The molecule has 5 heteroatoms. The molecule has 5 nitrogen and oxygen atoms in total. The Morgan fingerprint density at radius 1 is 1.09 bits per heavy atom. The van der Waals surface area contributed by atoms with Gasteiger partial charge in [0.25, 0.3) is 0 Å². The average molecular weight is 441 g/mol. The maximum Gasteiger partial charge on any atom is 0.197 e. The first-order valence-electron chi connectivity index (χ1n) is 12.6. The highest BCUT2D eigenvalue weighted by atomic mass is 16.7. The normalized spacial score (nSPS) is 54.4. The summed E-state index contributed by atoms with van der Waals surface area (Å²) in [4.78, 5) is 26.1. The molecule has 0 aromatic rings. The lowest BCUT2D eigenvalue weighted by Crippen LogP contribution is -2.55. The lowest BCUT2D eigenvalue weighted by molar-refractivity contribution is -0.265. The first kappa shape index (κ1) is 21.1. The highest BCUT2D eigenvalue weighted by Crippen LogP contribution is 2.67. The minimum Gasteiger partial charge on any atom is -0.505 e. The molecule has 0 aromatic carbocycles. The van der Waals surface area contributed by atoms with Gasteiger partial charge in [-0.2, -0.15) is 0 Å². The Hall–Kier alpha value is -1.46. The van der Waals surface area contributed by atoms with Crippen LogP contribution in [0.1, 0.15) is 66.2 Å². The third-order valence-corrected chi connectivity index (χ3v) is 10.7. The number of fused-ring (bicyclic) bond motifs is 7. The Kier molecular flexibility index (Phi) is 4.33. The van der Waals surface area contributed by atoms with Crippen molar-refractivity contribution in [2.45, 2.75) is 78.1 Å². The van der Waals surface area contributed by atoms with Crippen molar-refractivity contribution in [3.8, 4) is 0 Å². The Morgan fingerprint density at radius 3 is 2.59 bits per heavy atom. The van der Waals surface area contributed by atoms with Gasteiger partial charge >= 0.3 is 0 Å². The summed E-state index contributed by atoms with van der Waals surface area (Å²) in [5, 5.41) is 10.3. The third-order valence-electron chi connectivity index (χ3n) is 10.7. The number of aliphatic hydroxyl groups excluding tert-OH is 1. The Balaban J connectivity index is 1.37. The SMILES string of the molecule is C[C@H]1CC[C@@]2(OC1)O[C@H]1C=C3[C@@H]4CC[C@H]5CC(=O)C(O)=C[C@]5(C)[C@H]4CC(=O)[C@]3(C)[C@H]1[C@@H]2C. The number of carbonyl (C=O) groups excluding carboxylic acids is 2. The number of ether oxygens (including phenoxy) is 2. The van der Waals surface area contributed by atoms with E-state index in [2.05, 4.69) is 33.8 Å². The molecule has 0 unspecified atom stereocenters. The smallest absolute Gasteiger partial charge is 0.197 e. The first-order chi connectivity index (χ1) is 15.1. The van der Waals surface area contributed by atoms with Gasteiger partial charge in [0, 0.05) is 31.1 Å². The monoisotopic (exact) mass is 440 g/mol. The molecule has 1 spiro atoms. The van der Waals surface area contributed by atoms with Crippen molar-refractivity contribution in [2.24, 2.45) is 46.3 Å². The Morgan fingerprint density at radius 2 is 1.88 bits per heavy atom. The fourth-order valence-corrected chi connectivity index (χ4v) is 8.70. The van der Waals surface area contributed by atoms with Crippen molar-refractivity contribution in [1.29, 1.82) is 0 Å². The zero-order valence-corrected chi connectivity index (χ0v) is 19.7. The van der Waals surface area contributed by atoms with Crippen LogP contribution in [0.4, 0.5) is 0 Å². The second-order valence-corrected chi connectivity index (χ2v) is 12.1. The fourth-order valence-electron chi connectivity index (χ4n) is 8.70. The maximum atomic E-state index is 13.9. The van der Waals surface area contributed by atoms with Gasteiger partial charge in [-0.15, -0.1) is 0 Å². The highest BCUT2D eigenvalue weighted by Gasteiger charge is 2.68. The Labute approximate surface area is 190 Å². The van der Waals surface area contributed by atoms with Gasteiger partial charge in [-0.05, 0) is 61.3 Å². The minimum atomic E-state index is -0.550. The van der Waals surface area contributed by atoms with Gasteiger partial charge in [-0.25, -0.2) is 0 Å². The van der Waals surface area contributed by atoms with Crippen LogP contribution < -0.4 is 0 Å². The van der Waals surface area contributed by atoms with Crippen LogP contribution in [-0.2, 0) is 19.1 Å². The van der Waals surface area contributed by atoms with Gasteiger partial charge in [-0.1, -0.05) is 32.4 Å². The molecule has 2 heterocycles. The van der Waals surface area contributed by atoms with Gasteiger partial charge in [0.1, 0.15) is 5.78 Å². The summed E-state index contributed by atoms with van der Waals surface area (Å²) in [5.41, 5.74) is 0.456. The number of carbonyl (C=O) groups is 2. The van der Waals surface area contributed by atoms with Gasteiger partial charge in [0.2, 0.25) is 0 Å². The van der Waals surface area contributed by atoms with Crippen LogP contribution in [0.5, 0.6) is 0 Å². The number of aliphatic hydroxyl groups is 1. The molecule has 32 heavy (non-hydrogen) atoms. The zero-order chi connectivity index (χ0) is 22.6. The Bertz CT molecular complexity index is 940. The van der Waals surface area contributed by atoms with Crippen molar-refractivity contribution >= 4 is 11.6 Å². The van der Waals surface area contributed by atoms with E-state index in [1.54, 1.807) is 6.08 Å². The lowest BCUT2D eigenvalue weighted by atomic mass is 9.46. The summed E-state index contributed by atoms with van der Waals surface area (Å²) in [7, 11) is 0. The molecule has 0 amide bonds. The van der Waals surface area contributed by atoms with E-state index in [1.165, 1.54) is 5.57 Å². The molecular weight excluding hydrogens is 404 g/mol. The van der Waals surface area contributed by atoms with E-state index in [4.69, 9.17) is 9.47 Å². The second kappa shape index (κ2) is 6.56. The molecule has 0 bridgehead atoms. The summed E-state index contributed by atoms with van der Waals surface area (Å²) in [6, 6.07) is 0. The lowest BCUT2D eigenvalue weighted by Gasteiger charge is -2.56. The van der Waals surface area contributed by atoms with Gasteiger partial charge in [0.05, 0.1) is 18.1 Å². The van der Waals surface area contributed by atoms with Gasteiger partial charge in [0.15, 0.2) is 17.3 Å². The quantitative estimate of drug-likeness (QED) is 0.550. The number of hydrogen-bond donors (Lipinski definition) is 1. The van der Waals surface area contributed by atoms with E-state index in [-0.39, 0.29) is 46.7 Å². The topological polar surface area (TPSA) is 72.8 Å². The molecule has 0 radical (unpaired) electrons. The van der Waals surface area contributed by atoms with Crippen LogP contribution in [0.15, 0.2) is 23.5 Å². The molecule has 2 aliphatic heterocycles. The van der Waals surface area contributed by atoms with Crippen molar-refractivity contribution in [3.05, 3.63) is 23.5 Å². The predicted octanol–water partition coefficient (Wildman–Crippen LogP) is 4.76. The summed E-state index contributed by atoms with van der Waals surface area (Å²) in [6.45, 7) is 9.50. The largest absolute Gasteiger partial charge is 0.505 e. The molecule has 174 valence electrons. The fraction of sp³-hybridized carbons (Fsp3) is 0.778. The van der Waals surface area contributed by atoms with Crippen molar-refractivity contribution in [3.63, 3.8) is 0 Å². The molecule has 10 atom stereocenters. The summed E-state index contributed by atoms with van der Waals surface area (Å²) >= 11 is 0. The standard InChI is InChI=1S/C27H36O5/c1-14-7-8-27(31-13-14)15(2)24-22(32-27)10-19-17-6-5-16-9-20(28)21(29)12-25(16,3)18(17)11-23(30)26(19,24)4/h10,12,14-18,22,24,29H,5-9,11,13H2,1-4H3/t14-,15-,16-,17+,18-,22-,24-,25-,26+,27+/m0/s1. The van der Waals surface area contributed by atoms with Gasteiger partial charge < -0.3 is 14.6 Å². The van der Waals surface area contributed by atoms with Crippen LogP contribution >= 0.6 is 0 Å². The number of allylic oxidation sites excluding steroid dienone is 3. The summed E-state index contributed by atoms with van der Waals surface area (Å²) < 4.78 is 13.0. The molecule has 4 fully saturated rings. The van der Waals surface area contributed by atoms with E-state index < -0.39 is 11.2 Å². The third kappa shape index (κ3) is 2.47. The van der Waals surface area contributed by atoms with Crippen LogP contribution in [-0.4, -0.2) is 35.2 Å². The van der Waals surface area contributed by atoms with E-state index in [1.807, 2.05) is 0 Å². The highest BCUT2D eigenvalue weighted by molar-refractivity contribution is 5.95. The molecule has 4 aliphatic carbocycles. The number of hydrogen-bond acceptors (Lipinski definition) is 5. The summed E-state index contributed by atoms with van der Waals surface area (Å²) in [6.07, 6.45) is 8.90.